The predicted octanol–water partition coefficient (Wildman–Crippen LogP) is 1.40. The number of hydrogen-bond acceptors (Lipinski definition) is 3. The molecule has 0 saturated carbocycles. The molecule has 0 amide bonds. The van der Waals surface area contributed by atoms with Gasteiger partial charge in [-0.2, -0.15) is 0 Å². The molecular weight excluding hydrogens is 187 g/mol. The molecule has 0 aliphatic heterocycles. The van der Waals surface area contributed by atoms with Crippen molar-refractivity contribution < 1.29 is 0 Å². The third-order valence-electron chi connectivity index (χ3n) is 0.909. The summed E-state index contributed by atoms with van der Waals surface area (Å²) in [4.78, 5) is 11.0. The molecule has 0 fully saturated rings. The second kappa shape index (κ2) is 3.50. The van der Waals surface area contributed by atoms with Gasteiger partial charge in [-0.05, 0) is 11.6 Å². The van der Waals surface area contributed by atoms with E-state index in [1.165, 1.54) is 6.20 Å². The summed E-state index contributed by atoms with van der Waals surface area (Å²) in [7, 11) is 0. The smallest absolute Gasteiger partial charge is 0.223 e. The van der Waals surface area contributed by atoms with Gasteiger partial charge in [-0.25, -0.2) is 15.0 Å². The molecule has 0 saturated heterocycles. The molecule has 2 N–H and O–H groups in total. The SMILES string of the molecule is NC=Nc1cnc(Cl)nc1Cl. The van der Waals surface area contributed by atoms with E-state index in [1.54, 1.807) is 0 Å². The van der Waals surface area contributed by atoms with Crippen LogP contribution in [0.3, 0.4) is 0 Å². The van der Waals surface area contributed by atoms with Crippen LogP contribution in [0.15, 0.2) is 11.2 Å². The largest absolute Gasteiger partial charge is 0.390 e. The first kappa shape index (κ1) is 8.23. The van der Waals surface area contributed by atoms with Gasteiger partial charge in [0.15, 0.2) is 5.15 Å². The van der Waals surface area contributed by atoms with Crippen LogP contribution in [-0.4, -0.2) is 16.3 Å². The highest BCUT2D eigenvalue weighted by Gasteiger charge is 2.00. The molecule has 1 rings (SSSR count). The van der Waals surface area contributed by atoms with Gasteiger partial charge in [-0.15, -0.1) is 0 Å². The van der Waals surface area contributed by atoms with E-state index in [0.29, 0.717) is 5.69 Å². The Bertz CT molecular complexity index is 286. The minimum Gasteiger partial charge on any atom is -0.390 e. The van der Waals surface area contributed by atoms with Crippen molar-refractivity contribution in [2.75, 3.05) is 0 Å². The maximum atomic E-state index is 5.60. The Hall–Kier alpha value is -0.870. The van der Waals surface area contributed by atoms with Gasteiger partial charge >= 0.3 is 0 Å². The molecule has 11 heavy (non-hydrogen) atoms. The van der Waals surface area contributed by atoms with E-state index in [-0.39, 0.29) is 10.4 Å². The van der Waals surface area contributed by atoms with E-state index in [9.17, 15) is 0 Å². The van der Waals surface area contributed by atoms with Gasteiger partial charge < -0.3 is 5.73 Å². The fourth-order valence-corrected chi connectivity index (χ4v) is 0.856. The molecule has 58 valence electrons. The molecule has 6 heteroatoms. The Kier molecular flexibility index (Phi) is 2.62. The lowest BCUT2D eigenvalue weighted by molar-refractivity contribution is 1.16. The highest BCUT2D eigenvalue weighted by Crippen LogP contribution is 2.21. The van der Waals surface area contributed by atoms with Crippen molar-refractivity contribution in [2.45, 2.75) is 0 Å². The molecule has 4 nitrogen and oxygen atoms in total. The number of halogens is 2. The lowest BCUT2D eigenvalue weighted by Gasteiger charge is -1.94. The Morgan fingerprint density at radius 2 is 2.27 bits per heavy atom. The normalized spacial score (nSPS) is 10.7. The summed E-state index contributed by atoms with van der Waals surface area (Å²) in [6.07, 6.45) is 2.50. The van der Waals surface area contributed by atoms with Crippen LogP contribution in [0.1, 0.15) is 0 Å². The molecular formula is C5H4Cl2N4. The monoisotopic (exact) mass is 190 g/mol. The molecule has 1 heterocycles. The third-order valence-corrected chi connectivity index (χ3v) is 1.37. The summed E-state index contributed by atoms with van der Waals surface area (Å²) in [6.45, 7) is 0. The Balaban J connectivity index is 3.09. The maximum Gasteiger partial charge on any atom is 0.223 e. The van der Waals surface area contributed by atoms with Crippen molar-refractivity contribution >= 4 is 35.2 Å². The second-order valence-corrected chi connectivity index (χ2v) is 2.29. The zero-order valence-electron chi connectivity index (χ0n) is 5.33. The van der Waals surface area contributed by atoms with E-state index in [0.717, 1.165) is 6.34 Å². The summed E-state index contributed by atoms with van der Waals surface area (Å²) in [5.41, 5.74) is 5.43. The Morgan fingerprint density at radius 3 is 2.82 bits per heavy atom. The predicted molar refractivity (Wildman–Crippen MR) is 44.4 cm³/mol. The van der Waals surface area contributed by atoms with Gasteiger partial charge in [0.05, 0.1) is 12.5 Å². The first-order valence-electron chi connectivity index (χ1n) is 2.66. The standard InChI is InChI=1S/C5H4Cl2N4/c6-4-3(10-2-8)1-9-5(7)11-4/h1-2H,(H2,8,10). The van der Waals surface area contributed by atoms with E-state index >= 15 is 0 Å². The van der Waals surface area contributed by atoms with Gasteiger partial charge in [-0.3, -0.25) is 0 Å². The van der Waals surface area contributed by atoms with Crippen LogP contribution < -0.4 is 5.73 Å². The van der Waals surface area contributed by atoms with Crippen molar-refractivity contribution in [3.8, 4) is 0 Å². The molecule has 0 unspecified atom stereocenters. The molecule has 0 aliphatic rings. The minimum atomic E-state index is 0.0889. The van der Waals surface area contributed by atoms with Crippen LogP contribution in [0.25, 0.3) is 0 Å². The minimum absolute atomic E-state index is 0.0889. The van der Waals surface area contributed by atoms with Crippen LogP contribution >= 0.6 is 23.2 Å². The van der Waals surface area contributed by atoms with Crippen molar-refractivity contribution in [3.05, 3.63) is 16.6 Å². The highest BCUT2D eigenvalue weighted by atomic mass is 35.5. The molecule has 0 atom stereocenters. The number of rotatable bonds is 1. The number of hydrogen-bond donors (Lipinski definition) is 1. The molecule has 0 aromatic carbocycles. The number of aromatic nitrogens is 2. The Labute approximate surface area is 73.1 Å². The van der Waals surface area contributed by atoms with Gasteiger partial charge in [0.2, 0.25) is 5.28 Å². The molecule has 1 aromatic heterocycles. The van der Waals surface area contributed by atoms with Crippen LogP contribution in [0.2, 0.25) is 10.4 Å². The molecule has 0 radical (unpaired) electrons. The van der Waals surface area contributed by atoms with Crippen molar-refractivity contribution in [1.82, 2.24) is 9.97 Å². The molecule has 0 bridgehead atoms. The average molecular weight is 191 g/mol. The van der Waals surface area contributed by atoms with Crippen molar-refractivity contribution in [2.24, 2.45) is 10.7 Å². The average Bonchev–Trinajstić information content (AvgIpc) is 1.95. The molecule has 0 aliphatic carbocycles. The third kappa shape index (κ3) is 2.03. The summed E-state index contributed by atoms with van der Waals surface area (Å²) >= 11 is 11.0. The van der Waals surface area contributed by atoms with Gasteiger partial charge in [-0.1, -0.05) is 11.6 Å². The Morgan fingerprint density at radius 1 is 1.55 bits per heavy atom. The van der Waals surface area contributed by atoms with Crippen molar-refractivity contribution in [3.63, 3.8) is 0 Å². The van der Waals surface area contributed by atoms with Gasteiger partial charge in [0.25, 0.3) is 0 Å². The fraction of sp³-hybridized carbons (Fsp3) is 0. The van der Waals surface area contributed by atoms with E-state index in [2.05, 4.69) is 15.0 Å². The lowest BCUT2D eigenvalue weighted by atomic mass is 10.5. The fourth-order valence-electron chi connectivity index (χ4n) is 0.502. The first-order valence-corrected chi connectivity index (χ1v) is 3.42. The molecule has 1 aromatic rings. The van der Waals surface area contributed by atoms with Crippen LogP contribution in [-0.2, 0) is 0 Å². The topological polar surface area (TPSA) is 64.2 Å². The second-order valence-electron chi connectivity index (χ2n) is 1.59. The zero-order valence-corrected chi connectivity index (χ0v) is 6.84. The van der Waals surface area contributed by atoms with E-state index in [4.69, 9.17) is 28.9 Å². The van der Waals surface area contributed by atoms with Crippen LogP contribution in [0.5, 0.6) is 0 Å². The number of nitrogens with zero attached hydrogens (tertiary/aromatic N) is 3. The van der Waals surface area contributed by atoms with Gasteiger partial charge in [0.1, 0.15) is 5.69 Å². The van der Waals surface area contributed by atoms with Crippen LogP contribution in [0.4, 0.5) is 5.69 Å². The first-order chi connectivity index (χ1) is 5.24. The summed E-state index contributed by atoms with van der Waals surface area (Å²) in [5.74, 6) is 0. The summed E-state index contributed by atoms with van der Waals surface area (Å²) < 4.78 is 0. The van der Waals surface area contributed by atoms with E-state index in [1.807, 2.05) is 0 Å². The van der Waals surface area contributed by atoms with Crippen molar-refractivity contribution in [1.29, 1.82) is 0 Å². The number of aliphatic imine (C=N–C) groups is 1. The quantitative estimate of drug-likeness (QED) is 0.315. The summed E-state index contributed by atoms with van der Waals surface area (Å²) in [5, 5.41) is 0.276. The highest BCUT2D eigenvalue weighted by molar-refractivity contribution is 6.33. The molecule has 0 spiro atoms. The van der Waals surface area contributed by atoms with E-state index < -0.39 is 0 Å². The lowest BCUT2D eigenvalue weighted by Crippen LogP contribution is -1.88. The van der Waals surface area contributed by atoms with Gasteiger partial charge in [0, 0.05) is 0 Å². The number of nitrogens with two attached hydrogens (primary N) is 1. The zero-order chi connectivity index (χ0) is 8.27. The summed E-state index contributed by atoms with van der Waals surface area (Å²) in [6, 6.07) is 0. The van der Waals surface area contributed by atoms with Crippen LogP contribution in [0, 0.1) is 0 Å². The maximum absolute atomic E-state index is 5.60.